The smallest absolute Gasteiger partial charge is 0.141 e. The monoisotopic (exact) mass is 301 g/mol. The van der Waals surface area contributed by atoms with Gasteiger partial charge in [0.05, 0.1) is 0 Å². The fraction of sp³-hybridized carbons (Fsp3) is 0.100. The Kier molecular flexibility index (Phi) is 3.60. The van der Waals surface area contributed by atoms with Gasteiger partial charge in [-0.15, -0.1) is 0 Å². The van der Waals surface area contributed by atoms with Gasteiger partial charge in [-0.2, -0.15) is 0 Å². The molecule has 1 fully saturated rings. The van der Waals surface area contributed by atoms with Crippen molar-refractivity contribution in [2.75, 3.05) is 15.5 Å². The molecule has 3 aromatic rings. The van der Waals surface area contributed by atoms with Gasteiger partial charge in [0, 0.05) is 17.1 Å². The molecule has 3 aromatic carbocycles. The number of rotatable bonds is 5. The van der Waals surface area contributed by atoms with Gasteiger partial charge in [-0.25, -0.2) is 0 Å². The van der Waals surface area contributed by atoms with Crippen LogP contribution in [0.3, 0.4) is 0 Å². The Morgan fingerprint density at radius 2 is 0.913 bits per heavy atom. The molecule has 1 aliphatic rings. The van der Waals surface area contributed by atoms with Crippen molar-refractivity contribution < 1.29 is 0 Å². The fourth-order valence-corrected chi connectivity index (χ4v) is 2.86. The van der Waals surface area contributed by atoms with Gasteiger partial charge in [-0.1, -0.05) is 54.6 Å². The SMILES string of the molecule is c1ccc(N[C@@H]2[C@H](Nc3ccccc3)N2c2ccccc2)cc1. The molecule has 23 heavy (non-hydrogen) atoms. The van der Waals surface area contributed by atoms with Gasteiger partial charge in [-0.05, 0) is 36.4 Å². The first-order chi connectivity index (χ1) is 11.4. The molecule has 2 atom stereocenters. The van der Waals surface area contributed by atoms with Crippen molar-refractivity contribution in [3.05, 3.63) is 91.0 Å². The topological polar surface area (TPSA) is 27.1 Å². The zero-order valence-electron chi connectivity index (χ0n) is 12.8. The Hall–Kier alpha value is -2.94. The molecule has 1 heterocycles. The normalized spacial score (nSPS) is 19.2. The van der Waals surface area contributed by atoms with Gasteiger partial charge in [-0.3, -0.25) is 0 Å². The zero-order chi connectivity index (χ0) is 15.5. The van der Waals surface area contributed by atoms with Gasteiger partial charge in [0.15, 0.2) is 0 Å². The second-order valence-electron chi connectivity index (χ2n) is 5.65. The summed E-state index contributed by atoms with van der Waals surface area (Å²) in [5.41, 5.74) is 3.49. The van der Waals surface area contributed by atoms with Crippen molar-refractivity contribution in [3.63, 3.8) is 0 Å². The predicted octanol–water partition coefficient (Wildman–Crippen LogP) is 4.38. The molecule has 114 valence electrons. The summed E-state index contributed by atoms with van der Waals surface area (Å²) < 4.78 is 0. The number of hydrogen-bond acceptors (Lipinski definition) is 3. The summed E-state index contributed by atoms with van der Waals surface area (Å²) >= 11 is 0. The molecule has 2 N–H and O–H groups in total. The molecule has 1 aliphatic heterocycles. The lowest BCUT2D eigenvalue weighted by Gasteiger charge is -2.07. The lowest BCUT2D eigenvalue weighted by Crippen LogP contribution is -2.13. The minimum Gasteiger partial charge on any atom is -0.362 e. The van der Waals surface area contributed by atoms with E-state index in [0.717, 1.165) is 11.4 Å². The maximum Gasteiger partial charge on any atom is 0.141 e. The summed E-state index contributed by atoms with van der Waals surface area (Å²) in [4.78, 5) is 2.35. The van der Waals surface area contributed by atoms with Gasteiger partial charge >= 0.3 is 0 Å². The molecular formula is C20H19N3. The molecular weight excluding hydrogens is 282 g/mol. The van der Waals surface area contributed by atoms with Gasteiger partial charge in [0.1, 0.15) is 12.3 Å². The van der Waals surface area contributed by atoms with E-state index in [9.17, 15) is 0 Å². The van der Waals surface area contributed by atoms with E-state index in [0.29, 0.717) is 0 Å². The minimum absolute atomic E-state index is 0.236. The molecule has 0 aliphatic carbocycles. The highest BCUT2D eigenvalue weighted by Gasteiger charge is 2.48. The van der Waals surface area contributed by atoms with Crippen molar-refractivity contribution in [2.24, 2.45) is 0 Å². The van der Waals surface area contributed by atoms with Crippen LogP contribution in [0, 0.1) is 0 Å². The van der Waals surface area contributed by atoms with E-state index in [4.69, 9.17) is 0 Å². The molecule has 4 rings (SSSR count). The van der Waals surface area contributed by atoms with E-state index < -0.39 is 0 Å². The van der Waals surface area contributed by atoms with Gasteiger partial charge in [0.25, 0.3) is 0 Å². The van der Waals surface area contributed by atoms with Crippen LogP contribution in [-0.4, -0.2) is 12.3 Å². The lowest BCUT2D eigenvalue weighted by atomic mass is 10.3. The van der Waals surface area contributed by atoms with Gasteiger partial charge in [0.2, 0.25) is 0 Å². The Bertz CT molecular complexity index is 696. The van der Waals surface area contributed by atoms with Crippen molar-refractivity contribution in [2.45, 2.75) is 12.3 Å². The standard InChI is InChI=1S/C20H19N3/c1-4-10-16(11-5-1)21-19-20(22-17-12-6-2-7-13-17)23(19)18-14-8-3-9-15-18/h1-15,19-22H/t19-,20+,23?. The number of nitrogens with zero attached hydrogens (tertiary/aromatic N) is 1. The molecule has 0 saturated carbocycles. The molecule has 0 spiro atoms. The number of benzene rings is 3. The molecule has 0 bridgehead atoms. The summed E-state index contributed by atoms with van der Waals surface area (Å²) in [6.07, 6.45) is 0.472. The summed E-state index contributed by atoms with van der Waals surface area (Å²) in [5.74, 6) is 0. The van der Waals surface area contributed by atoms with Crippen molar-refractivity contribution in [1.29, 1.82) is 0 Å². The van der Waals surface area contributed by atoms with Crippen LogP contribution in [0.4, 0.5) is 17.1 Å². The molecule has 3 heteroatoms. The number of para-hydroxylation sites is 3. The largest absolute Gasteiger partial charge is 0.362 e. The Morgan fingerprint density at radius 1 is 0.522 bits per heavy atom. The van der Waals surface area contributed by atoms with E-state index >= 15 is 0 Å². The molecule has 1 saturated heterocycles. The lowest BCUT2D eigenvalue weighted by molar-refractivity contribution is 1.07. The third kappa shape index (κ3) is 2.99. The van der Waals surface area contributed by atoms with Crippen LogP contribution in [0.2, 0.25) is 0 Å². The van der Waals surface area contributed by atoms with E-state index in [1.807, 2.05) is 18.2 Å². The number of nitrogens with one attached hydrogen (secondary N) is 2. The van der Waals surface area contributed by atoms with Crippen molar-refractivity contribution >= 4 is 17.1 Å². The average molecular weight is 301 g/mol. The first-order valence-electron chi connectivity index (χ1n) is 7.88. The molecule has 0 amide bonds. The van der Waals surface area contributed by atoms with Crippen LogP contribution in [0.25, 0.3) is 0 Å². The average Bonchev–Trinajstić information content (AvgIpc) is 3.29. The molecule has 0 aromatic heterocycles. The highest BCUT2D eigenvalue weighted by molar-refractivity contribution is 5.64. The first kappa shape index (κ1) is 13.7. The molecule has 3 nitrogen and oxygen atoms in total. The van der Waals surface area contributed by atoms with Crippen LogP contribution in [0.1, 0.15) is 0 Å². The molecule has 0 radical (unpaired) electrons. The van der Waals surface area contributed by atoms with Crippen LogP contribution in [-0.2, 0) is 0 Å². The quantitative estimate of drug-likeness (QED) is 0.685. The van der Waals surface area contributed by atoms with Gasteiger partial charge < -0.3 is 15.5 Å². The number of hydrogen-bond donors (Lipinski definition) is 2. The third-order valence-corrected chi connectivity index (χ3v) is 4.04. The van der Waals surface area contributed by atoms with E-state index in [1.54, 1.807) is 0 Å². The second-order valence-corrected chi connectivity index (χ2v) is 5.65. The Balaban J connectivity index is 1.55. The van der Waals surface area contributed by atoms with E-state index in [2.05, 4.69) is 88.3 Å². The van der Waals surface area contributed by atoms with Crippen molar-refractivity contribution in [3.8, 4) is 0 Å². The highest BCUT2D eigenvalue weighted by Crippen LogP contribution is 2.36. The van der Waals surface area contributed by atoms with Crippen LogP contribution >= 0.6 is 0 Å². The fourth-order valence-electron chi connectivity index (χ4n) is 2.86. The highest BCUT2D eigenvalue weighted by atomic mass is 15.5. The second kappa shape index (κ2) is 6.05. The third-order valence-electron chi connectivity index (χ3n) is 4.04. The Morgan fingerprint density at radius 3 is 1.35 bits per heavy atom. The number of anilines is 3. The van der Waals surface area contributed by atoms with Crippen LogP contribution in [0.5, 0.6) is 0 Å². The Labute approximate surface area is 136 Å². The van der Waals surface area contributed by atoms with Crippen LogP contribution < -0.4 is 15.5 Å². The summed E-state index contributed by atoms with van der Waals surface area (Å²) in [5, 5.41) is 7.20. The van der Waals surface area contributed by atoms with Crippen LogP contribution in [0.15, 0.2) is 91.0 Å². The predicted molar refractivity (Wildman–Crippen MR) is 96.6 cm³/mol. The minimum atomic E-state index is 0.236. The summed E-state index contributed by atoms with van der Waals surface area (Å²) in [6.45, 7) is 0. The molecule has 0 unspecified atom stereocenters. The maximum absolute atomic E-state index is 3.60. The summed E-state index contributed by atoms with van der Waals surface area (Å²) in [6, 6.07) is 31.2. The summed E-state index contributed by atoms with van der Waals surface area (Å²) in [7, 11) is 0. The van der Waals surface area contributed by atoms with E-state index in [-0.39, 0.29) is 12.3 Å². The van der Waals surface area contributed by atoms with E-state index in [1.165, 1.54) is 5.69 Å². The zero-order valence-corrected chi connectivity index (χ0v) is 12.8. The first-order valence-corrected chi connectivity index (χ1v) is 7.88. The maximum atomic E-state index is 3.60. The van der Waals surface area contributed by atoms with Crippen molar-refractivity contribution in [1.82, 2.24) is 0 Å².